The molecule has 0 saturated carbocycles. The molecule has 16 heavy (non-hydrogen) atoms. The van der Waals surface area contributed by atoms with Crippen molar-refractivity contribution < 1.29 is 5.11 Å². The van der Waals surface area contributed by atoms with E-state index in [-0.39, 0.29) is 6.61 Å². The molecular formula is C14H21NO. The normalized spacial score (nSPS) is 22.9. The Morgan fingerprint density at radius 2 is 2.06 bits per heavy atom. The number of aliphatic hydroxyl groups is 1. The second kappa shape index (κ2) is 6.02. The molecule has 2 rings (SSSR count). The highest BCUT2D eigenvalue weighted by Crippen LogP contribution is 2.27. The van der Waals surface area contributed by atoms with Gasteiger partial charge in [0.05, 0.1) is 0 Å². The maximum Gasteiger partial charge on any atom is 0.0437 e. The third-order valence-corrected chi connectivity index (χ3v) is 3.50. The van der Waals surface area contributed by atoms with Crippen molar-refractivity contribution in [3.05, 3.63) is 35.9 Å². The Balaban J connectivity index is 2.09. The van der Waals surface area contributed by atoms with Crippen LogP contribution in [0.15, 0.2) is 30.3 Å². The molecule has 1 fully saturated rings. The summed E-state index contributed by atoms with van der Waals surface area (Å²) in [5.41, 5.74) is 1.36. The van der Waals surface area contributed by atoms with Gasteiger partial charge in [-0.25, -0.2) is 0 Å². The lowest BCUT2D eigenvalue weighted by atomic mass is 9.84. The fraction of sp³-hybridized carbons (Fsp3) is 0.571. The summed E-state index contributed by atoms with van der Waals surface area (Å²) in [6.07, 6.45) is 4.70. The molecule has 0 aromatic heterocycles. The molecule has 0 spiro atoms. The standard InChI is InChI=1S/C14H21NO/c16-11-9-13(12-6-2-1-3-7-12)14-8-4-5-10-15-14/h1-3,6-7,13-16H,4-5,8-11H2/t13-,14+/m1/s1. The average molecular weight is 219 g/mol. The highest BCUT2D eigenvalue weighted by Gasteiger charge is 2.23. The molecule has 1 aliphatic heterocycles. The van der Waals surface area contributed by atoms with Crippen molar-refractivity contribution in [2.75, 3.05) is 13.2 Å². The van der Waals surface area contributed by atoms with Crippen molar-refractivity contribution in [3.8, 4) is 0 Å². The van der Waals surface area contributed by atoms with Crippen molar-refractivity contribution in [3.63, 3.8) is 0 Å². The van der Waals surface area contributed by atoms with Crippen molar-refractivity contribution in [1.29, 1.82) is 0 Å². The molecule has 1 aromatic carbocycles. The number of hydrogen-bond acceptors (Lipinski definition) is 2. The zero-order valence-electron chi connectivity index (χ0n) is 9.73. The molecular weight excluding hydrogens is 198 g/mol. The quantitative estimate of drug-likeness (QED) is 0.814. The Kier molecular flexibility index (Phi) is 4.37. The Morgan fingerprint density at radius 3 is 2.69 bits per heavy atom. The summed E-state index contributed by atoms with van der Waals surface area (Å²) in [6, 6.07) is 11.1. The molecule has 1 aromatic rings. The second-order valence-corrected chi connectivity index (χ2v) is 4.59. The minimum absolute atomic E-state index is 0.276. The van der Waals surface area contributed by atoms with Gasteiger partial charge in [0, 0.05) is 18.6 Å². The number of aliphatic hydroxyl groups excluding tert-OH is 1. The lowest BCUT2D eigenvalue weighted by Crippen LogP contribution is -2.39. The van der Waals surface area contributed by atoms with Gasteiger partial charge in [-0.3, -0.25) is 0 Å². The fourth-order valence-electron chi connectivity index (χ4n) is 2.66. The van der Waals surface area contributed by atoms with Crippen LogP contribution >= 0.6 is 0 Å². The van der Waals surface area contributed by atoms with Gasteiger partial charge < -0.3 is 10.4 Å². The van der Waals surface area contributed by atoms with Crippen molar-refractivity contribution >= 4 is 0 Å². The van der Waals surface area contributed by atoms with Crippen LogP contribution in [0.3, 0.4) is 0 Å². The van der Waals surface area contributed by atoms with Crippen LogP contribution in [0.4, 0.5) is 0 Å². The smallest absolute Gasteiger partial charge is 0.0437 e. The number of benzene rings is 1. The first-order valence-electron chi connectivity index (χ1n) is 6.31. The maximum atomic E-state index is 9.20. The molecule has 1 saturated heterocycles. The van der Waals surface area contributed by atoms with E-state index in [1.54, 1.807) is 0 Å². The topological polar surface area (TPSA) is 32.3 Å². The number of piperidine rings is 1. The number of nitrogens with one attached hydrogen (secondary N) is 1. The zero-order chi connectivity index (χ0) is 11.2. The molecule has 2 N–H and O–H groups in total. The Morgan fingerprint density at radius 1 is 1.25 bits per heavy atom. The van der Waals surface area contributed by atoms with E-state index < -0.39 is 0 Å². The first-order valence-corrected chi connectivity index (χ1v) is 6.31. The van der Waals surface area contributed by atoms with Gasteiger partial charge in [0.1, 0.15) is 0 Å². The first-order chi connectivity index (χ1) is 7.92. The van der Waals surface area contributed by atoms with E-state index >= 15 is 0 Å². The molecule has 2 atom stereocenters. The van der Waals surface area contributed by atoms with Gasteiger partial charge in [-0.15, -0.1) is 0 Å². The Labute approximate surface area is 97.7 Å². The van der Waals surface area contributed by atoms with Gasteiger partial charge >= 0.3 is 0 Å². The van der Waals surface area contributed by atoms with Gasteiger partial charge in [-0.05, 0) is 31.4 Å². The summed E-state index contributed by atoms with van der Waals surface area (Å²) >= 11 is 0. The minimum atomic E-state index is 0.276. The minimum Gasteiger partial charge on any atom is -0.396 e. The predicted octanol–water partition coefficient (Wildman–Crippen LogP) is 2.29. The van der Waals surface area contributed by atoms with Crippen LogP contribution in [-0.2, 0) is 0 Å². The summed E-state index contributed by atoms with van der Waals surface area (Å²) in [4.78, 5) is 0. The third kappa shape index (κ3) is 2.83. The van der Waals surface area contributed by atoms with E-state index in [1.165, 1.54) is 24.8 Å². The van der Waals surface area contributed by atoms with E-state index in [9.17, 15) is 5.11 Å². The lowest BCUT2D eigenvalue weighted by molar-refractivity contribution is 0.247. The Bertz CT molecular complexity index is 293. The largest absolute Gasteiger partial charge is 0.396 e. The van der Waals surface area contributed by atoms with Gasteiger partial charge in [0.25, 0.3) is 0 Å². The maximum absolute atomic E-state index is 9.20. The van der Waals surface area contributed by atoms with Crippen molar-refractivity contribution in [2.24, 2.45) is 0 Å². The average Bonchev–Trinajstić information content (AvgIpc) is 2.38. The van der Waals surface area contributed by atoms with Gasteiger partial charge in [-0.1, -0.05) is 36.8 Å². The molecule has 1 heterocycles. The van der Waals surface area contributed by atoms with Crippen LogP contribution < -0.4 is 5.32 Å². The van der Waals surface area contributed by atoms with Crippen molar-refractivity contribution in [1.82, 2.24) is 5.32 Å². The van der Waals surface area contributed by atoms with Crippen LogP contribution in [0.1, 0.15) is 37.2 Å². The monoisotopic (exact) mass is 219 g/mol. The summed E-state index contributed by atoms with van der Waals surface area (Å²) in [7, 11) is 0. The Hall–Kier alpha value is -0.860. The summed E-state index contributed by atoms with van der Waals surface area (Å²) < 4.78 is 0. The summed E-state index contributed by atoms with van der Waals surface area (Å²) in [6.45, 7) is 1.40. The highest BCUT2D eigenvalue weighted by molar-refractivity contribution is 5.21. The van der Waals surface area contributed by atoms with E-state index in [0.29, 0.717) is 12.0 Å². The lowest BCUT2D eigenvalue weighted by Gasteiger charge is -2.31. The zero-order valence-corrected chi connectivity index (χ0v) is 9.73. The van der Waals surface area contributed by atoms with Gasteiger partial charge in [0.15, 0.2) is 0 Å². The van der Waals surface area contributed by atoms with E-state index in [1.807, 2.05) is 6.07 Å². The highest BCUT2D eigenvalue weighted by atomic mass is 16.3. The second-order valence-electron chi connectivity index (χ2n) is 4.59. The molecule has 0 radical (unpaired) electrons. The molecule has 2 heteroatoms. The SMILES string of the molecule is OCC[C@H](c1ccccc1)[C@@H]1CCCCN1. The summed E-state index contributed by atoms with van der Waals surface area (Å²) in [5.74, 6) is 0.464. The first kappa shape index (κ1) is 11.6. The molecule has 1 aliphatic rings. The van der Waals surface area contributed by atoms with Crippen LogP contribution in [0.2, 0.25) is 0 Å². The van der Waals surface area contributed by atoms with Crippen LogP contribution in [0.25, 0.3) is 0 Å². The van der Waals surface area contributed by atoms with Crippen LogP contribution in [-0.4, -0.2) is 24.3 Å². The molecule has 0 amide bonds. The van der Waals surface area contributed by atoms with Crippen LogP contribution in [0, 0.1) is 0 Å². The van der Waals surface area contributed by atoms with Gasteiger partial charge in [0.2, 0.25) is 0 Å². The van der Waals surface area contributed by atoms with E-state index in [4.69, 9.17) is 0 Å². The number of rotatable bonds is 4. The molecule has 0 unspecified atom stereocenters. The third-order valence-electron chi connectivity index (χ3n) is 3.50. The molecule has 0 aliphatic carbocycles. The van der Waals surface area contributed by atoms with Crippen molar-refractivity contribution in [2.45, 2.75) is 37.6 Å². The summed E-state index contributed by atoms with van der Waals surface area (Å²) in [5, 5.41) is 12.8. The van der Waals surface area contributed by atoms with E-state index in [2.05, 4.69) is 29.6 Å². The predicted molar refractivity (Wildman–Crippen MR) is 66.5 cm³/mol. The van der Waals surface area contributed by atoms with Crippen LogP contribution in [0.5, 0.6) is 0 Å². The molecule has 88 valence electrons. The van der Waals surface area contributed by atoms with Gasteiger partial charge in [-0.2, -0.15) is 0 Å². The molecule has 2 nitrogen and oxygen atoms in total. The number of hydrogen-bond donors (Lipinski definition) is 2. The fourth-order valence-corrected chi connectivity index (χ4v) is 2.66. The molecule has 0 bridgehead atoms. The van der Waals surface area contributed by atoms with E-state index in [0.717, 1.165) is 13.0 Å².